The summed E-state index contributed by atoms with van der Waals surface area (Å²) in [4.78, 5) is 24.4. The lowest BCUT2D eigenvalue weighted by atomic mass is 9.78. The van der Waals surface area contributed by atoms with Crippen LogP contribution in [-0.2, 0) is 9.53 Å². The SMILES string of the molecule is COC(=O)[C@H]1N[C@@H](c2ccc3ccccc3c2)[C@@H](c2onc(C)c2[N+](=O)[O-])[C@@H]1c1ccccc1. The Morgan fingerprint density at radius 1 is 1.00 bits per heavy atom. The van der Waals surface area contributed by atoms with Crippen LogP contribution in [-0.4, -0.2) is 29.2 Å². The lowest BCUT2D eigenvalue weighted by Crippen LogP contribution is -2.36. The Kier molecular flexibility index (Phi) is 5.59. The molecule has 8 nitrogen and oxygen atoms in total. The van der Waals surface area contributed by atoms with Gasteiger partial charge in [-0.05, 0) is 34.9 Å². The number of hydrogen-bond donors (Lipinski definition) is 1. The quantitative estimate of drug-likeness (QED) is 0.261. The number of nitrogens with one attached hydrogen (secondary N) is 1. The first-order chi connectivity index (χ1) is 16.5. The first-order valence-corrected chi connectivity index (χ1v) is 11.0. The van der Waals surface area contributed by atoms with Crippen LogP contribution in [0.2, 0.25) is 0 Å². The molecule has 0 unspecified atom stereocenters. The van der Waals surface area contributed by atoms with Crippen molar-refractivity contribution in [3.05, 3.63) is 105 Å². The van der Waals surface area contributed by atoms with Gasteiger partial charge in [-0.1, -0.05) is 71.9 Å². The molecule has 3 aromatic carbocycles. The molecule has 0 bridgehead atoms. The van der Waals surface area contributed by atoms with E-state index in [0.717, 1.165) is 21.9 Å². The number of nitrogens with zero attached hydrogens (tertiary/aromatic N) is 2. The molecule has 0 spiro atoms. The number of rotatable bonds is 5. The minimum Gasteiger partial charge on any atom is -0.468 e. The van der Waals surface area contributed by atoms with E-state index in [4.69, 9.17) is 9.26 Å². The van der Waals surface area contributed by atoms with Gasteiger partial charge >= 0.3 is 11.7 Å². The van der Waals surface area contributed by atoms with E-state index in [0.29, 0.717) is 0 Å². The van der Waals surface area contributed by atoms with E-state index in [2.05, 4.69) is 10.5 Å². The van der Waals surface area contributed by atoms with Crippen LogP contribution in [0.4, 0.5) is 5.69 Å². The van der Waals surface area contributed by atoms with Gasteiger partial charge < -0.3 is 9.26 Å². The number of esters is 1. The highest BCUT2D eigenvalue weighted by molar-refractivity contribution is 5.83. The van der Waals surface area contributed by atoms with Gasteiger partial charge in [0.05, 0.1) is 18.0 Å². The number of fused-ring (bicyclic) bond motifs is 1. The molecular formula is C26H23N3O5. The van der Waals surface area contributed by atoms with Crippen molar-refractivity contribution in [2.45, 2.75) is 30.8 Å². The minimum absolute atomic E-state index is 0.147. The number of benzene rings is 3. The Bertz CT molecular complexity index is 1370. The zero-order chi connectivity index (χ0) is 23.8. The fourth-order valence-electron chi connectivity index (χ4n) is 5.07. The van der Waals surface area contributed by atoms with E-state index >= 15 is 0 Å². The van der Waals surface area contributed by atoms with E-state index in [-0.39, 0.29) is 17.1 Å². The molecule has 2 heterocycles. The molecule has 1 N–H and O–H groups in total. The number of ether oxygens (including phenoxy) is 1. The molecule has 172 valence electrons. The van der Waals surface area contributed by atoms with Gasteiger partial charge in [-0.15, -0.1) is 0 Å². The van der Waals surface area contributed by atoms with Crippen molar-refractivity contribution in [1.29, 1.82) is 0 Å². The van der Waals surface area contributed by atoms with Crippen molar-refractivity contribution in [2.24, 2.45) is 0 Å². The Labute approximate surface area is 195 Å². The normalized spacial score (nSPS) is 22.1. The third kappa shape index (κ3) is 3.62. The molecule has 8 heteroatoms. The Hall–Kier alpha value is -4.04. The molecule has 34 heavy (non-hydrogen) atoms. The molecule has 0 radical (unpaired) electrons. The molecular weight excluding hydrogens is 434 g/mol. The Balaban J connectivity index is 1.73. The lowest BCUT2D eigenvalue weighted by molar-refractivity contribution is -0.386. The van der Waals surface area contributed by atoms with Crippen LogP contribution >= 0.6 is 0 Å². The first-order valence-electron chi connectivity index (χ1n) is 11.0. The summed E-state index contributed by atoms with van der Waals surface area (Å²) < 4.78 is 10.7. The van der Waals surface area contributed by atoms with Crippen molar-refractivity contribution < 1.29 is 19.0 Å². The second-order valence-electron chi connectivity index (χ2n) is 8.45. The van der Waals surface area contributed by atoms with Crippen LogP contribution in [0.15, 0.2) is 77.3 Å². The average molecular weight is 457 g/mol. The molecule has 4 atom stereocenters. The van der Waals surface area contributed by atoms with Crippen LogP contribution in [0.5, 0.6) is 0 Å². The number of nitro groups is 1. The van der Waals surface area contributed by atoms with Crippen LogP contribution in [0.25, 0.3) is 10.8 Å². The molecule has 5 rings (SSSR count). The summed E-state index contributed by atoms with van der Waals surface area (Å²) in [7, 11) is 1.34. The highest BCUT2D eigenvalue weighted by atomic mass is 16.6. The zero-order valence-corrected chi connectivity index (χ0v) is 18.7. The van der Waals surface area contributed by atoms with Gasteiger partial charge in [-0.3, -0.25) is 20.2 Å². The van der Waals surface area contributed by atoms with Crippen LogP contribution in [0, 0.1) is 17.0 Å². The summed E-state index contributed by atoms with van der Waals surface area (Å²) in [6.07, 6.45) is 0. The molecule has 1 aliphatic heterocycles. The largest absolute Gasteiger partial charge is 0.468 e. The maximum atomic E-state index is 12.9. The Morgan fingerprint density at radius 2 is 1.71 bits per heavy atom. The number of aryl methyl sites for hydroxylation is 1. The van der Waals surface area contributed by atoms with E-state index < -0.39 is 34.8 Å². The number of methoxy groups -OCH3 is 1. The van der Waals surface area contributed by atoms with Crippen LogP contribution in [0.3, 0.4) is 0 Å². The summed E-state index contributed by atoms with van der Waals surface area (Å²) in [5.41, 5.74) is 1.77. The first kappa shape index (κ1) is 21.8. The van der Waals surface area contributed by atoms with E-state index in [1.54, 1.807) is 6.92 Å². The van der Waals surface area contributed by atoms with Crippen molar-refractivity contribution in [3.8, 4) is 0 Å². The number of aromatic nitrogens is 1. The van der Waals surface area contributed by atoms with Gasteiger partial charge in [0.1, 0.15) is 6.04 Å². The third-order valence-corrected chi connectivity index (χ3v) is 6.58. The highest BCUT2D eigenvalue weighted by Crippen LogP contribution is 2.52. The van der Waals surface area contributed by atoms with Crippen molar-refractivity contribution in [2.75, 3.05) is 7.11 Å². The van der Waals surface area contributed by atoms with Crippen molar-refractivity contribution >= 4 is 22.4 Å². The highest BCUT2D eigenvalue weighted by Gasteiger charge is 2.52. The third-order valence-electron chi connectivity index (χ3n) is 6.58. The standard InChI is InChI=1S/C26H23N3O5/c1-15-24(29(31)32)25(34-28-15)21-20(17-9-4-3-5-10-17)23(26(30)33-2)27-22(21)19-13-12-16-8-6-7-11-18(16)14-19/h3-14,20-23,27H,1-2H3/t20-,21-,22-,23-/m0/s1. The van der Waals surface area contributed by atoms with Gasteiger partial charge in [-0.25, -0.2) is 0 Å². The molecule has 0 amide bonds. The summed E-state index contributed by atoms with van der Waals surface area (Å²) in [6, 6.07) is 22.3. The second-order valence-corrected chi connectivity index (χ2v) is 8.45. The van der Waals surface area contributed by atoms with Gasteiger partial charge in [0.25, 0.3) is 0 Å². The number of hydrogen-bond acceptors (Lipinski definition) is 7. The smallest absolute Gasteiger partial charge is 0.334 e. The lowest BCUT2D eigenvalue weighted by Gasteiger charge is -2.23. The molecule has 4 aromatic rings. The van der Waals surface area contributed by atoms with Gasteiger partial charge in [-0.2, -0.15) is 0 Å². The van der Waals surface area contributed by atoms with E-state index in [1.165, 1.54) is 7.11 Å². The molecule has 1 fully saturated rings. The molecule has 0 aliphatic carbocycles. The summed E-state index contributed by atoms with van der Waals surface area (Å²) in [6.45, 7) is 1.55. The van der Waals surface area contributed by atoms with E-state index in [9.17, 15) is 14.9 Å². The Morgan fingerprint density at radius 3 is 2.41 bits per heavy atom. The van der Waals surface area contributed by atoms with Crippen molar-refractivity contribution in [3.63, 3.8) is 0 Å². The summed E-state index contributed by atoms with van der Waals surface area (Å²) in [5, 5.41) is 21.4. The maximum absolute atomic E-state index is 12.9. The minimum atomic E-state index is -0.737. The zero-order valence-electron chi connectivity index (χ0n) is 18.7. The predicted molar refractivity (Wildman–Crippen MR) is 125 cm³/mol. The van der Waals surface area contributed by atoms with Gasteiger partial charge in [0.2, 0.25) is 5.76 Å². The maximum Gasteiger partial charge on any atom is 0.334 e. The number of carbonyl (C=O) groups is 1. The average Bonchev–Trinajstić information content (AvgIpc) is 3.44. The topological polar surface area (TPSA) is 108 Å². The van der Waals surface area contributed by atoms with E-state index in [1.807, 2.05) is 72.8 Å². The van der Waals surface area contributed by atoms with Crippen LogP contribution in [0.1, 0.15) is 40.5 Å². The summed E-state index contributed by atoms with van der Waals surface area (Å²) >= 11 is 0. The molecule has 1 aliphatic rings. The van der Waals surface area contributed by atoms with Gasteiger partial charge in [0.15, 0.2) is 5.69 Å². The molecule has 1 saturated heterocycles. The second kappa shape index (κ2) is 8.72. The summed E-state index contributed by atoms with van der Waals surface area (Å²) in [5.74, 6) is -1.35. The van der Waals surface area contributed by atoms with Crippen molar-refractivity contribution in [1.82, 2.24) is 10.5 Å². The number of carbonyl (C=O) groups excluding carboxylic acids is 1. The molecule has 1 aromatic heterocycles. The monoisotopic (exact) mass is 457 g/mol. The fourth-order valence-corrected chi connectivity index (χ4v) is 5.07. The molecule has 0 saturated carbocycles. The van der Waals surface area contributed by atoms with Gasteiger partial charge in [0, 0.05) is 12.0 Å². The fraction of sp³-hybridized carbons (Fsp3) is 0.231. The predicted octanol–water partition coefficient (Wildman–Crippen LogP) is 4.80. The van der Waals surface area contributed by atoms with Crippen LogP contribution < -0.4 is 5.32 Å².